The summed E-state index contributed by atoms with van der Waals surface area (Å²) in [7, 11) is 0. The predicted octanol–water partition coefficient (Wildman–Crippen LogP) is 3.39. The maximum Gasteiger partial charge on any atom is 0.338 e. The minimum absolute atomic E-state index is 0.164. The van der Waals surface area contributed by atoms with Crippen molar-refractivity contribution in [2.75, 3.05) is 6.61 Å². The lowest BCUT2D eigenvalue weighted by atomic mass is 10.1. The van der Waals surface area contributed by atoms with Crippen molar-refractivity contribution in [3.8, 4) is 11.5 Å². The number of alkyl halides is 1. The zero-order valence-corrected chi connectivity index (χ0v) is 12.8. The number of carbonyl (C=O) groups is 1. The van der Waals surface area contributed by atoms with E-state index in [1.165, 1.54) is 12.1 Å². The standard InChI is InChI=1S/C16H15BrO4/c17-10-12-1-4-13(5-2-12)16(20)21-8-7-11-3-6-14(18)15(19)9-11/h1-6,9,18-19H,7-8,10H2. The largest absolute Gasteiger partial charge is 0.504 e. The molecule has 0 spiro atoms. The van der Waals surface area contributed by atoms with Crippen LogP contribution in [0, 0.1) is 0 Å². The Morgan fingerprint density at radius 1 is 1.00 bits per heavy atom. The van der Waals surface area contributed by atoms with E-state index in [1.807, 2.05) is 12.1 Å². The molecule has 0 bridgehead atoms. The molecule has 2 N–H and O–H groups in total. The summed E-state index contributed by atoms with van der Waals surface area (Å²) in [4.78, 5) is 11.8. The van der Waals surface area contributed by atoms with Crippen LogP contribution in [-0.4, -0.2) is 22.8 Å². The van der Waals surface area contributed by atoms with Crippen LogP contribution >= 0.6 is 15.9 Å². The first-order chi connectivity index (χ1) is 10.1. The summed E-state index contributed by atoms with van der Waals surface area (Å²) in [5.41, 5.74) is 2.38. The second-order valence-corrected chi connectivity index (χ2v) is 5.10. The fraction of sp³-hybridized carbons (Fsp3) is 0.188. The van der Waals surface area contributed by atoms with Crippen LogP contribution in [0.15, 0.2) is 42.5 Å². The average molecular weight is 351 g/mol. The number of phenols is 2. The van der Waals surface area contributed by atoms with Crippen molar-refractivity contribution in [2.24, 2.45) is 0 Å². The predicted molar refractivity (Wildman–Crippen MR) is 82.8 cm³/mol. The third-order valence-electron chi connectivity index (χ3n) is 3.01. The second kappa shape index (κ2) is 7.13. The summed E-state index contributed by atoms with van der Waals surface area (Å²) in [5.74, 6) is -0.717. The summed E-state index contributed by atoms with van der Waals surface area (Å²) in [6.07, 6.45) is 0.471. The van der Waals surface area contributed by atoms with Crippen molar-refractivity contribution in [3.63, 3.8) is 0 Å². The zero-order chi connectivity index (χ0) is 15.2. The van der Waals surface area contributed by atoms with E-state index in [2.05, 4.69) is 15.9 Å². The molecule has 0 amide bonds. The quantitative estimate of drug-likeness (QED) is 0.492. The summed E-state index contributed by atoms with van der Waals surface area (Å²) in [6.45, 7) is 0.212. The Kier molecular flexibility index (Phi) is 5.22. The van der Waals surface area contributed by atoms with Crippen LogP contribution in [0.4, 0.5) is 0 Å². The van der Waals surface area contributed by atoms with Crippen molar-refractivity contribution >= 4 is 21.9 Å². The van der Waals surface area contributed by atoms with Gasteiger partial charge < -0.3 is 14.9 Å². The SMILES string of the molecule is O=C(OCCc1ccc(O)c(O)c1)c1ccc(CBr)cc1. The van der Waals surface area contributed by atoms with Gasteiger partial charge in [-0.1, -0.05) is 34.1 Å². The number of benzene rings is 2. The van der Waals surface area contributed by atoms with Crippen LogP contribution < -0.4 is 0 Å². The molecule has 0 aromatic heterocycles. The van der Waals surface area contributed by atoms with Gasteiger partial charge in [0.2, 0.25) is 0 Å². The van der Waals surface area contributed by atoms with Gasteiger partial charge in [-0.05, 0) is 35.4 Å². The van der Waals surface area contributed by atoms with E-state index >= 15 is 0 Å². The van der Waals surface area contributed by atoms with Gasteiger partial charge in [0.25, 0.3) is 0 Å². The van der Waals surface area contributed by atoms with Crippen LogP contribution in [0.1, 0.15) is 21.5 Å². The topological polar surface area (TPSA) is 66.8 Å². The molecule has 0 radical (unpaired) electrons. The molecule has 0 atom stereocenters. The monoisotopic (exact) mass is 350 g/mol. The van der Waals surface area contributed by atoms with Gasteiger partial charge in [0.05, 0.1) is 12.2 Å². The molecule has 0 aliphatic carbocycles. The molecule has 0 unspecified atom stereocenters. The summed E-state index contributed by atoms with van der Waals surface area (Å²) < 4.78 is 5.18. The Labute approximate surface area is 131 Å². The highest BCUT2D eigenvalue weighted by Gasteiger charge is 2.07. The maximum atomic E-state index is 11.8. The van der Waals surface area contributed by atoms with E-state index in [4.69, 9.17) is 4.74 Å². The minimum Gasteiger partial charge on any atom is -0.504 e. The van der Waals surface area contributed by atoms with Crippen molar-refractivity contribution in [1.29, 1.82) is 0 Å². The molecule has 4 nitrogen and oxygen atoms in total. The molecule has 2 aromatic carbocycles. The third kappa shape index (κ3) is 4.23. The molecule has 0 aliphatic heterocycles. The van der Waals surface area contributed by atoms with Crippen LogP contribution in [0.25, 0.3) is 0 Å². The van der Waals surface area contributed by atoms with Crippen molar-refractivity contribution in [3.05, 3.63) is 59.2 Å². The summed E-state index contributed by atoms with van der Waals surface area (Å²) in [6, 6.07) is 11.7. The van der Waals surface area contributed by atoms with Gasteiger partial charge in [-0.2, -0.15) is 0 Å². The number of phenolic OH excluding ortho intramolecular Hbond substituents is 2. The van der Waals surface area contributed by atoms with Gasteiger partial charge >= 0.3 is 5.97 Å². The first-order valence-corrected chi connectivity index (χ1v) is 7.55. The number of rotatable bonds is 5. The minimum atomic E-state index is -0.376. The van der Waals surface area contributed by atoms with Crippen molar-refractivity contribution in [1.82, 2.24) is 0 Å². The Morgan fingerprint density at radius 3 is 2.29 bits per heavy atom. The summed E-state index contributed by atoms with van der Waals surface area (Å²) in [5, 5.41) is 19.3. The van der Waals surface area contributed by atoms with Crippen molar-refractivity contribution < 1.29 is 19.7 Å². The molecular weight excluding hydrogens is 336 g/mol. The van der Waals surface area contributed by atoms with E-state index in [1.54, 1.807) is 18.2 Å². The Hall–Kier alpha value is -2.01. The van der Waals surface area contributed by atoms with Gasteiger partial charge in [0.1, 0.15) is 0 Å². The fourth-order valence-corrected chi connectivity index (χ4v) is 2.17. The lowest BCUT2D eigenvalue weighted by Gasteiger charge is -2.06. The number of ether oxygens (including phenoxy) is 1. The van der Waals surface area contributed by atoms with E-state index in [0.717, 1.165) is 16.5 Å². The van der Waals surface area contributed by atoms with Gasteiger partial charge in [-0.15, -0.1) is 0 Å². The van der Waals surface area contributed by atoms with Crippen LogP contribution in [0.5, 0.6) is 11.5 Å². The van der Waals surface area contributed by atoms with Crippen LogP contribution in [-0.2, 0) is 16.5 Å². The first-order valence-electron chi connectivity index (χ1n) is 6.43. The van der Waals surface area contributed by atoms with Crippen LogP contribution in [0.3, 0.4) is 0 Å². The average Bonchev–Trinajstić information content (AvgIpc) is 2.51. The molecule has 0 saturated carbocycles. The number of aromatic hydroxyl groups is 2. The Morgan fingerprint density at radius 2 is 1.67 bits per heavy atom. The molecule has 0 saturated heterocycles. The van der Waals surface area contributed by atoms with E-state index in [-0.39, 0.29) is 24.1 Å². The molecular formula is C16H15BrO4. The Bertz CT molecular complexity index is 623. The normalized spacial score (nSPS) is 10.3. The van der Waals surface area contributed by atoms with E-state index in [9.17, 15) is 15.0 Å². The Balaban J connectivity index is 1.87. The first kappa shape index (κ1) is 15.4. The van der Waals surface area contributed by atoms with Gasteiger partial charge in [-0.3, -0.25) is 0 Å². The van der Waals surface area contributed by atoms with Crippen LogP contribution in [0.2, 0.25) is 0 Å². The maximum absolute atomic E-state index is 11.8. The highest BCUT2D eigenvalue weighted by molar-refractivity contribution is 9.08. The number of esters is 1. The molecule has 0 fully saturated rings. The van der Waals surface area contributed by atoms with Crippen molar-refractivity contribution in [2.45, 2.75) is 11.8 Å². The molecule has 0 heterocycles. The van der Waals surface area contributed by atoms with Gasteiger partial charge in [0.15, 0.2) is 11.5 Å². The molecule has 5 heteroatoms. The number of carbonyl (C=O) groups excluding carboxylic acids is 1. The summed E-state index contributed by atoms with van der Waals surface area (Å²) >= 11 is 3.34. The third-order valence-corrected chi connectivity index (χ3v) is 3.66. The lowest BCUT2D eigenvalue weighted by molar-refractivity contribution is 0.0509. The smallest absolute Gasteiger partial charge is 0.338 e. The molecule has 0 aliphatic rings. The van der Waals surface area contributed by atoms with E-state index < -0.39 is 0 Å². The zero-order valence-electron chi connectivity index (χ0n) is 11.3. The fourth-order valence-electron chi connectivity index (χ4n) is 1.80. The highest BCUT2D eigenvalue weighted by Crippen LogP contribution is 2.25. The molecule has 2 aromatic rings. The second-order valence-electron chi connectivity index (χ2n) is 4.54. The number of halogens is 1. The highest BCUT2D eigenvalue weighted by atomic mass is 79.9. The molecule has 21 heavy (non-hydrogen) atoms. The molecule has 110 valence electrons. The van der Waals surface area contributed by atoms with Gasteiger partial charge in [0, 0.05) is 11.8 Å². The number of hydrogen-bond acceptors (Lipinski definition) is 4. The lowest BCUT2D eigenvalue weighted by Crippen LogP contribution is -2.08. The number of hydrogen-bond donors (Lipinski definition) is 2. The van der Waals surface area contributed by atoms with E-state index in [0.29, 0.717) is 12.0 Å². The van der Waals surface area contributed by atoms with Gasteiger partial charge in [-0.25, -0.2) is 4.79 Å². The molecule has 2 rings (SSSR count).